The van der Waals surface area contributed by atoms with Crippen molar-refractivity contribution in [2.75, 3.05) is 12.3 Å². The fourth-order valence-electron chi connectivity index (χ4n) is 0.667. The molecule has 86 valence electrons. The lowest BCUT2D eigenvalue weighted by molar-refractivity contribution is -0.168. The van der Waals surface area contributed by atoms with Crippen molar-refractivity contribution in [1.29, 1.82) is 0 Å². The highest BCUT2D eigenvalue weighted by Gasteiger charge is 2.41. The average Bonchev–Trinajstić information content (AvgIpc) is 2.51. The first-order valence-corrected chi connectivity index (χ1v) is 3.73. The van der Waals surface area contributed by atoms with Crippen LogP contribution in [0.15, 0.2) is 4.52 Å². The highest BCUT2D eigenvalue weighted by atomic mass is 19.3. The number of hydrogen-bond donors (Lipinski definition) is 1. The number of hydrogen-bond acceptors (Lipinski definition) is 5. The van der Waals surface area contributed by atoms with Crippen molar-refractivity contribution in [3.8, 4) is 0 Å². The Morgan fingerprint density at radius 1 is 1.47 bits per heavy atom. The topological polar surface area (TPSA) is 74.2 Å². The van der Waals surface area contributed by atoms with Crippen molar-refractivity contribution >= 4 is 6.01 Å². The normalized spacial score (nSPS) is 12.3. The first kappa shape index (κ1) is 11.7. The third kappa shape index (κ3) is 3.35. The van der Waals surface area contributed by atoms with E-state index >= 15 is 0 Å². The second kappa shape index (κ2) is 4.43. The molecule has 1 aromatic rings. The maximum Gasteiger partial charge on any atom is 0.330 e. The minimum atomic E-state index is -4.19. The molecule has 0 saturated heterocycles. The molecule has 1 heterocycles. The molecule has 0 aliphatic rings. The Kier molecular flexibility index (Phi) is 3.45. The molecule has 0 fully saturated rings. The molecule has 1 rings (SSSR count). The Morgan fingerprint density at radius 2 is 2.13 bits per heavy atom. The number of nitrogens with zero attached hydrogens (tertiary/aromatic N) is 2. The lowest BCUT2D eigenvalue weighted by Crippen LogP contribution is -2.32. The Labute approximate surface area is 81.2 Å². The van der Waals surface area contributed by atoms with Crippen molar-refractivity contribution in [1.82, 2.24) is 10.1 Å². The van der Waals surface area contributed by atoms with Gasteiger partial charge in [-0.1, -0.05) is 5.16 Å². The fourth-order valence-corrected chi connectivity index (χ4v) is 0.667. The van der Waals surface area contributed by atoms with Crippen LogP contribution in [-0.2, 0) is 11.3 Å². The Morgan fingerprint density at radius 3 is 2.60 bits per heavy atom. The molecule has 9 heteroatoms. The SMILES string of the molecule is Nc1nc(COCC(F)(F)C(F)F)no1. The molecule has 1 aromatic heterocycles. The van der Waals surface area contributed by atoms with Gasteiger partial charge in [0.25, 0.3) is 0 Å². The molecule has 0 radical (unpaired) electrons. The van der Waals surface area contributed by atoms with Gasteiger partial charge in [-0.3, -0.25) is 0 Å². The molecular formula is C6H7F4N3O2. The van der Waals surface area contributed by atoms with Gasteiger partial charge >= 0.3 is 18.4 Å². The number of aromatic nitrogens is 2. The van der Waals surface area contributed by atoms with E-state index in [-0.39, 0.29) is 11.8 Å². The molecule has 15 heavy (non-hydrogen) atoms. The van der Waals surface area contributed by atoms with Crippen molar-refractivity contribution < 1.29 is 26.8 Å². The molecule has 5 nitrogen and oxygen atoms in total. The minimum absolute atomic E-state index is 0.0856. The van der Waals surface area contributed by atoms with Gasteiger partial charge in [-0.25, -0.2) is 8.78 Å². The Balaban J connectivity index is 2.33. The van der Waals surface area contributed by atoms with E-state index in [4.69, 9.17) is 5.73 Å². The van der Waals surface area contributed by atoms with Gasteiger partial charge in [-0.05, 0) is 0 Å². The number of alkyl halides is 4. The van der Waals surface area contributed by atoms with Gasteiger partial charge in [-0.15, -0.1) is 0 Å². The van der Waals surface area contributed by atoms with E-state index in [1.54, 1.807) is 0 Å². The van der Waals surface area contributed by atoms with E-state index in [0.29, 0.717) is 0 Å². The summed E-state index contributed by atoms with van der Waals surface area (Å²) < 4.78 is 56.5. The van der Waals surface area contributed by atoms with Crippen LogP contribution in [0.2, 0.25) is 0 Å². The van der Waals surface area contributed by atoms with E-state index in [1.807, 2.05) is 0 Å². The molecule has 0 aliphatic heterocycles. The Bertz CT molecular complexity index is 317. The van der Waals surface area contributed by atoms with Gasteiger partial charge in [0.2, 0.25) is 0 Å². The van der Waals surface area contributed by atoms with Crippen LogP contribution in [0.5, 0.6) is 0 Å². The standard InChI is InChI=1S/C6H7F4N3O2/c7-4(8)6(9,10)2-14-1-3-12-5(11)15-13-3/h4H,1-2H2,(H2,11,12,13). The van der Waals surface area contributed by atoms with Gasteiger partial charge in [0.1, 0.15) is 13.2 Å². The number of nitrogens with two attached hydrogens (primary N) is 1. The number of nitrogen functional groups attached to an aromatic ring is 1. The van der Waals surface area contributed by atoms with Crippen molar-refractivity contribution in [2.45, 2.75) is 19.0 Å². The summed E-state index contributed by atoms with van der Waals surface area (Å²) in [4.78, 5) is 3.42. The smallest absolute Gasteiger partial charge is 0.330 e. The maximum atomic E-state index is 12.3. The zero-order chi connectivity index (χ0) is 11.5. The quantitative estimate of drug-likeness (QED) is 0.764. The lowest BCUT2D eigenvalue weighted by Gasteiger charge is -2.14. The van der Waals surface area contributed by atoms with Crippen LogP contribution >= 0.6 is 0 Å². The second-order valence-corrected chi connectivity index (χ2v) is 2.60. The molecule has 0 aromatic carbocycles. The highest BCUT2D eigenvalue weighted by molar-refractivity contribution is 5.06. The van der Waals surface area contributed by atoms with E-state index in [1.165, 1.54) is 0 Å². The van der Waals surface area contributed by atoms with E-state index < -0.39 is 25.6 Å². The van der Waals surface area contributed by atoms with Crippen molar-refractivity contribution in [3.63, 3.8) is 0 Å². The first-order valence-electron chi connectivity index (χ1n) is 3.73. The van der Waals surface area contributed by atoms with Crippen LogP contribution < -0.4 is 5.73 Å². The molecule has 0 spiro atoms. The van der Waals surface area contributed by atoms with Crippen LogP contribution in [0.1, 0.15) is 5.82 Å². The molecule has 0 unspecified atom stereocenters. The van der Waals surface area contributed by atoms with Gasteiger partial charge in [0.15, 0.2) is 5.82 Å². The average molecular weight is 229 g/mol. The zero-order valence-corrected chi connectivity index (χ0v) is 7.29. The van der Waals surface area contributed by atoms with Gasteiger partial charge < -0.3 is 15.0 Å². The first-order chi connectivity index (χ1) is 6.92. The summed E-state index contributed by atoms with van der Waals surface area (Å²) in [7, 11) is 0. The molecule has 0 aliphatic carbocycles. The van der Waals surface area contributed by atoms with Crippen LogP contribution in [0.25, 0.3) is 0 Å². The zero-order valence-electron chi connectivity index (χ0n) is 7.29. The summed E-state index contributed by atoms with van der Waals surface area (Å²) in [6.45, 7) is -1.89. The molecule has 0 saturated carbocycles. The van der Waals surface area contributed by atoms with Crippen LogP contribution in [-0.4, -0.2) is 29.1 Å². The molecule has 0 atom stereocenters. The van der Waals surface area contributed by atoms with Crippen LogP contribution in [0.3, 0.4) is 0 Å². The Hall–Kier alpha value is -1.38. The largest absolute Gasteiger partial charge is 0.367 e. The third-order valence-corrected chi connectivity index (χ3v) is 1.33. The summed E-state index contributed by atoms with van der Waals surface area (Å²) in [6, 6.07) is -0.255. The van der Waals surface area contributed by atoms with Gasteiger partial charge in [0.05, 0.1) is 0 Å². The maximum absolute atomic E-state index is 12.3. The van der Waals surface area contributed by atoms with E-state index in [9.17, 15) is 17.6 Å². The minimum Gasteiger partial charge on any atom is -0.367 e. The van der Waals surface area contributed by atoms with Gasteiger partial charge in [-0.2, -0.15) is 13.8 Å². The van der Waals surface area contributed by atoms with E-state index in [0.717, 1.165) is 0 Å². The third-order valence-electron chi connectivity index (χ3n) is 1.33. The summed E-state index contributed by atoms with van der Waals surface area (Å²) in [5, 5.41) is 3.21. The van der Waals surface area contributed by atoms with Gasteiger partial charge in [0, 0.05) is 0 Å². The van der Waals surface area contributed by atoms with Crippen LogP contribution in [0.4, 0.5) is 23.6 Å². The van der Waals surface area contributed by atoms with Crippen molar-refractivity contribution in [3.05, 3.63) is 5.82 Å². The monoisotopic (exact) mass is 229 g/mol. The van der Waals surface area contributed by atoms with E-state index in [2.05, 4.69) is 19.4 Å². The number of ether oxygens (including phenoxy) is 1. The second-order valence-electron chi connectivity index (χ2n) is 2.60. The lowest BCUT2D eigenvalue weighted by atomic mass is 10.4. The predicted octanol–water partition coefficient (Wildman–Crippen LogP) is 1.07. The molecular weight excluding hydrogens is 222 g/mol. The molecule has 0 amide bonds. The highest BCUT2D eigenvalue weighted by Crippen LogP contribution is 2.23. The summed E-state index contributed by atoms with van der Waals surface area (Å²) >= 11 is 0. The number of rotatable bonds is 5. The van der Waals surface area contributed by atoms with Crippen molar-refractivity contribution in [2.24, 2.45) is 0 Å². The summed E-state index contributed by atoms with van der Waals surface area (Å²) in [6.07, 6.45) is -3.77. The van der Waals surface area contributed by atoms with Crippen LogP contribution in [0, 0.1) is 0 Å². The molecule has 0 bridgehead atoms. The number of anilines is 1. The number of halogens is 4. The summed E-state index contributed by atoms with van der Waals surface area (Å²) in [5.41, 5.74) is 5.02. The molecule has 2 N–H and O–H groups in total. The predicted molar refractivity (Wildman–Crippen MR) is 39.3 cm³/mol. The fraction of sp³-hybridized carbons (Fsp3) is 0.667. The summed E-state index contributed by atoms with van der Waals surface area (Å²) in [5.74, 6) is -4.27.